The van der Waals surface area contributed by atoms with Crippen LogP contribution in [0.15, 0.2) is 36.1 Å². The van der Waals surface area contributed by atoms with Crippen LogP contribution in [0, 0.1) is 6.92 Å². The lowest BCUT2D eigenvalue weighted by atomic mass is 9.99. The number of carbonyl (C=O) groups excluding carboxylic acids is 1. The highest BCUT2D eigenvalue weighted by Gasteiger charge is 2.33. The third-order valence-corrected chi connectivity index (χ3v) is 5.64. The van der Waals surface area contributed by atoms with Crippen molar-refractivity contribution < 1.29 is 14.6 Å². The van der Waals surface area contributed by atoms with Crippen molar-refractivity contribution in [2.45, 2.75) is 53.0 Å². The zero-order valence-electron chi connectivity index (χ0n) is 18.0. The van der Waals surface area contributed by atoms with Crippen molar-refractivity contribution in [1.82, 2.24) is 4.90 Å². The van der Waals surface area contributed by atoms with Gasteiger partial charge in [0.2, 0.25) is 5.78 Å². The second kappa shape index (κ2) is 10.1. The summed E-state index contributed by atoms with van der Waals surface area (Å²) in [6, 6.07) is 8.97. The molecule has 30 heavy (non-hydrogen) atoms. The van der Waals surface area contributed by atoms with E-state index in [1.54, 1.807) is 24.3 Å². The fourth-order valence-electron chi connectivity index (χ4n) is 3.74. The number of ketones is 1. The molecule has 0 fully saturated rings. The van der Waals surface area contributed by atoms with Gasteiger partial charge in [0.25, 0.3) is 0 Å². The van der Waals surface area contributed by atoms with Crippen molar-refractivity contribution in [2.24, 2.45) is 0 Å². The number of rotatable bonds is 9. The van der Waals surface area contributed by atoms with Crippen LogP contribution in [0.4, 0.5) is 0 Å². The Balaban J connectivity index is 1.95. The van der Waals surface area contributed by atoms with Gasteiger partial charge in [-0.1, -0.05) is 50.4 Å². The molecule has 2 aromatic rings. The van der Waals surface area contributed by atoms with Gasteiger partial charge in [-0.2, -0.15) is 0 Å². The van der Waals surface area contributed by atoms with Crippen molar-refractivity contribution in [3.63, 3.8) is 0 Å². The molecule has 2 aromatic carbocycles. The van der Waals surface area contributed by atoms with E-state index in [0.29, 0.717) is 28.4 Å². The number of benzene rings is 2. The zero-order valence-corrected chi connectivity index (χ0v) is 18.8. The largest absolute Gasteiger partial charge is 0.507 e. The highest BCUT2D eigenvalue weighted by atomic mass is 35.5. The van der Waals surface area contributed by atoms with Gasteiger partial charge >= 0.3 is 0 Å². The number of allylic oxidation sites excluding steroid dienone is 1. The number of hydrogen-bond acceptors (Lipinski definition) is 4. The average Bonchev–Trinajstić information content (AvgIpc) is 3.03. The molecule has 0 amide bonds. The van der Waals surface area contributed by atoms with Crippen LogP contribution in [0.1, 0.15) is 66.6 Å². The Bertz CT molecular complexity index is 944. The number of Topliss-reactive ketones (excluding diaryl/α,β-unsaturated/α-hetero) is 1. The minimum atomic E-state index is -0.155. The van der Waals surface area contributed by atoms with Crippen LogP contribution in [0.5, 0.6) is 11.5 Å². The smallest absolute Gasteiger partial charge is 0.232 e. The van der Waals surface area contributed by atoms with Crippen molar-refractivity contribution in [2.75, 3.05) is 13.1 Å². The Morgan fingerprint density at radius 2 is 1.83 bits per heavy atom. The third-order valence-electron chi connectivity index (χ3n) is 5.40. The van der Waals surface area contributed by atoms with Crippen LogP contribution in [0.3, 0.4) is 0 Å². The monoisotopic (exact) mass is 427 g/mol. The van der Waals surface area contributed by atoms with E-state index in [2.05, 4.69) is 18.7 Å². The van der Waals surface area contributed by atoms with Crippen molar-refractivity contribution in [3.05, 3.63) is 63.4 Å². The Morgan fingerprint density at radius 1 is 1.13 bits per heavy atom. The molecule has 160 valence electrons. The number of unbranched alkanes of at least 4 members (excludes halogenated alkanes) is 2. The Hall–Kier alpha value is -2.30. The lowest BCUT2D eigenvalue weighted by Crippen LogP contribution is -2.26. The first-order chi connectivity index (χ1) is 14.4. The molecule has 1 aliphatic heterocycles. The minimum absolute atomic E-state index is 0.155. The summed E-state index contributed by atoms with van der Waals surface area (Å²) in [7, 11) is 0. The number of carbonyl (C=O) groups is 1. The average molecular weight is 428 g/mol. The molecule has 5 heteroatoms. The highest BCUT2D eigenvalue weighted by molar-refractivity contribution is 6.30. The van der Waals surface area contributed by atoms with Gasteiger partial charge in [-0.15, -0.1) is 0 Å². The molecule has 1 N–H and O–H groups in total. The van der Waals surface area contributed by atoms with E-state index in [1.165, 1.54) is 0 Å². The normalized spacial score (nSPS) is 14.4. The number of phenolic OH excluding ortho intramolecular Hbond substituents is 1. The van der Waals surface area contributed by atoms with Gasteiger partial charge < -0.3 is 9.84 Å². The van der Waals surface area contributed by atoms with E-state index >= 15 is 0 Å². The molecule has 0 atom stereocenters. The Labute approximate surface area is 184 Å². The molecular formula is C25H30ClNO3. The number of aryl methyl sites for hydroxylation is 1. The number of hydrogen-bond donors (Lipinski definition) is 1. The van der Waals surface area contributed by atoms with Gasteiger partial charge in [-0.3, -0.25) is 9.69 Å². The molecule has 0 saturated carbocycles. The summed E-state index contributed by atoms with van der Waals surface area (Å²) >= 11 is 6.07. The van der Waals surface area contributed by atoms with Crippen molar-refractivity contribution in [1.29, 1.82) is 0 Å². The molecule has 3 rings (SSSR count). The molecule has 4 nitrogen and oxygen atoms in total. The summed E-state index contributed by atoms with van der Waals surface area (Å²) < 4.78 is 6.05. The maximum atomic E-state index is 13.1. The van der Waals surface area contributed by atoms with Gasteiger partial charge in [0.15, 0.2) is 5.76 Å². The number of fused-ring (bicyclic) bond motifs is 1. The van der Waals surface area contributed by atoms with E-state index < -0.39 is 0 Å². The van der Waals surface area contributed by atoms with E-state index in [1.807, 2.05) is 19.1 Å². The quantitative estimate of drug-likeness (QED) is 0.472. The molecule has 0 aromatic heterocycles. The Kier molecular flexibility index (Phi) is 7.57. The van der Waals surface area contributed by atoms with Gasteiger partial charge in [0, 0.05) is 11.6 Å². The van der Waals surface area contributed by atoms with E-state index in [4.69, 9.17) is 16.3 Å². The molecule has 0 unspecified atom stereocenters. The standard InChI is InChI=1S/C25H30ClNO3/c1-4-6-11-27(12-7-5-2)16-20-21(28)13-17(3)23-24(29)22(30-25(20)23)15-18-9-8-10-19(26)14-18/h8-10,13-15,28H,4-7,11-12,16H2,1-3H3/b22-15+. The number of ether oxygens (including phenoxy) is 1. The molecule has 0 bridgehead atoms. The minimum Gasteiger partial charge on any atom is -0.507 e. The summed E-state index contributed by atoms with van der Waals surface area (Å²) in [5, 5.41) is 11.3. The first-order valence-electron chi connectivity index (χ1n) is 10.7. The first kappa shape index (κ1) is 22.4. The number of phenols is 1. The lowest BCUT2D eigenvalue weighted by molar-refractivity contribution is 0.101. The van der Waals surface area contributed by atoms with Gasteiger partial charge in [0.1, 0.15) is 11.5 Å². The molecule has 0 spiro atoms. The summed E-state index contributed by atoms with van der Waals surface area (Å²) in [5.41, 5.74) is 2.75. The van der Waals surface area contributed by atoms with Crippen LogP contribution in [-0.4, -0.2) is 28.9 Å². The zero-order chi connectivity index (χ0) is 21.7. The van der Waals surface area contributed by atoms with Gasteiger partial charge in [-0.25, -0.2) is 0 Å². The molecule has 0 aliphatic carbocycles. The predicted octanol–water partition coefficient (Wildman–Crippen LogP) is 6.37. The number of halogens is 1. The summed E-state index contributed by atoms with van der Waals surface area (Å²) in [5.74, 6) is 0.776. The lowest BCUT2D eigenvalue weighted by Gasteiger charge is -2.23. The fraction of sp³-hybridized carbons (Fsp3) is 0.400. The summed E-state index contributed by atoms with van der Waals surface area (Å²) in [6.07, 6.45) is 6.13. The number of aromatic hydroxyl groups is 1. The van der Waals surface area contributed by atoms with Crippen molar-refractivity contribution >= 4 is 23.5 Å². The summed E-state index contributed by atoms with van der Waals surface area (Å²) in [4.78, 5) is 15.4. The van der Waals surface area contributed by atoms with Crippen LogP contribution in [0.2, 0.25) is 5.02 Å². The van der Waals surface area contributed by atoms with E-state index in [9.17, 15) is 9.90 Å². The predicted molar refractivity (Wildman–Crippen MR) is 122 cm³/mol. The third kappa shape index (κ3) is 5.05. The van der Waals surface area contributed by atoms with Crippen molar-refractivity contribution in [3.8, 4) is 11.5 Å². The SMILES string of the molecule is CCCCN(CCCC)Cc1c(O)cc(C)c2c1O/C(=C/c1cccc(Cl)c1)C2=O. The molecular weight excluding hydrogens is 398 g/mol. The van der Waals surface area contributed by atoms with Crippen LogP contribution in [-0.2, 0) is 6.54 Å². The van der Waals surface area contributed by atoms with Crippen LogP contribution < -0.4 is 4.74 Å². The second-order valence-electron chi connectivity index (χ2n) is 7.87. The first-order valence-corrected chi connectivity index (χ1v) is 11.1. The molecule has 1 heterocycles. The van der Waals surface area contributed by atoms with E-state index in [-0.39, 0.29) is 17.3 Å². The summed E-state index contributed by atoms with van der Waals surface area (Å²) in [6.45, 7) is 8.65. The van der Waals surface area contributed by atoms with Crippen LogP contribution >= 0.6 is 11.6 Å². The Morgan fingerprint density at radius 3 is 2.47 bits per heavy atom. The number of nitrogens with zero attached hydrogens (tertiary/aromatic N) is 1. The maximum absolute atomic E-state index is 13.1. The van der Waals surface area contributed by atoms with Gasteiger partial charge in [0.05, 0.1) is 11.1 Å². The maximum Gasteiger partial charge on any atom is 0.232 e. The topological polar surface area (TPSA) is 49.8 Å². The molecule has 0 radical (unpaired) electrons. The molecule has 0 saturated heterocycles. The van der Waals surface area contributed by atoms with Gasteiger partial charge in [-0.05, 0) is 68.3 Å². The van der Waals surface area contributed by atoms with E-state index in [0.717, 1.165) is 49.9 Å². The highest BCUT2D eigenvalue weighted by Crippen LogP contribution is 2.42. The second-order valence-corrected chi connectivity index (χ2v) is 8.31. The van der Waals surface area contributed by atoms with Crippen LogP contribution in [0.25, 0.3) is 6.08 Å². The fourth-order valence-corrected chi connectivity index (χ4v) is 3.94. The molecule has 1 aliphatic rings.